The van der Waals surface area contributed by atoms with E-state index >= 15 is 0 Å². The summed E-state index contributed by atoms with van der Waals surface area (Å²) < 4.78 is 37.1. The van der Waals surface area contributed by atoms with Gasteiger partial charge in [-0.25, -0.2) is 14.3 Å². The van der Waals surface area contributed by atoms with Gasteiger partial charge < -0.3 is 19.8 Å². The highest BCUT2D eigenvalue weighted by molar-refractivity contribution is 5.98. The number of amides is 2. The third-order valence-corrected chi connectivity index (χ3v) is 5.71. The number of nitrogens with zero attached hydrogens (tertiary/aromatic N) is 4. The molecule has 0 unspecified atom stereocenters. The number of oxazole rings is 1. The van der Waals surface area contributed by atoms with Gasteiger partial charge in [0.1, 0.15) is 17.1 Å². The summed E-state index contributed by atoms with van der Waals surface area (Å²) in [6.07, 6.45) is 1.44. The fourth-order valence-electron chi connectivity index (χ4n) is 3.85. The molecule has 0 radical (unpaired) electrons. The molecule has 2 aromatic carbocycles. The second-order valence-electron chi connectivity index (χ2n) is 8.25. The van der Waals surface area contributed by atoms with E-state index in [1.54, 1.807) is 37.4 Å². The molecule has 5 rings (SSSR count). The second-order valence-corrected chi connectivity index (χ2v) is 8.25. The lowest BCUT2D eigenvalue weighted by molar-refractivity contribution is -0.0498. The average molecular weight is 522 g/mol. The Kier molecular flexibility index (Phi) is 6.56. The van der Waals surface area contributed by atoms with Crippen molar-refractivity contribution >= 4 is 28.6 Å². The van der Waals surface area contributed by atoms with Crippen LogP contribution in [-0.4, -0.2) is 37.6 Å². The summed E-state index contributed by atoms with van der Waals surface area (Å²) in [5, 5.41) is 9.54. The van der Waals surface area contributed by atoms with Gasteiger partial charge >= 0.3 is 12.4 Å². The van der Waals surface area contributed by atoms with Gasteiger partial charge in [0.05, 0.1) is 11.7 Å². The summed E-state index contributed by atoms with van der Waals surface area (Å²) in [5.41, 5.74) is 2.61. The second kappa shape index (κ2) is 10.1. The summed E-state index contributed by atoms with van der Waals surface area (Å²) in [6, 6.07) is 13.9. The number of hydrogen-bond acceptors (Lipinski definition) is 7. The highest BCUT2D eigenvalue weighted by atomic mass is 19.3. The van der Waals surface area contributed by atoms with Crippen molar-refractivity contribution in [3.63, 3.8) is 0 Å². The fourth-order valence-corrected chi connectivity index (χ4v) is 3.85. The fraction of sp³-hybridized carbons (Fsp3) is 0.160. The van der Waals surface area contributed by atoms with Gasteiger partial charge in [0.25, 0.3) is 11.8 Å². The lowest BCUT2D eigenvalue weighted by Gasteiger charge is -2.11. The number of fused-ring (bicyclic) bond motifs is 2. The maximum atomic E-state index is 13.0. The first-order valence-corrected chi connectivity index (χ1v) is 11.3. The van der Waals surface area contributed by atoms with Crippen molar-refractivity contribution in [2.24, 2.45) is 7.05 Å². The molecule has 11 nitrogen and oxygen atoms in total. The maximum absolute atomic E-state index is 13.0. The van der Waals surface area contributed by atoms with Crippen LogP contribution < -0.4 is 21.1 Å². The zero-order chi connectivity index (χ0) is 26.8. The van der Waals surface area contributed by atoms with Crippen LogP contribution in [0.2, 0.25) is 0 Å². The molecule has 0 saturated carbocycles. The van der Waals surface area contributed by atoms with Crippen molar-refractivity contribution in [2.45, 2.75) is 19.7 Å². The number of rotatable bonds is 8. The molecule has 2 amide bonds. The minimum Gasteiger partial charge on any atom is -0.435 e. The molecule has 0 atom stereocenters. The predicted molar refractivity (Wildman–Crippen MR) is 130 cm³/mol. The minimum absolute atomic E-state index is 0.00716. The van der Waals surface area contributed by atoms with Crippen LogP contribution >= 0.6 is 0 Å². The Morgan fingerprint density at radius 1 is 1.03 bits per heavy atom. The first-order valence-electron chi connectivity index (χ1n) is 11.3. The number of nitrogens with one attached hydrogen (secondary N) is 2. The highest BCUT2D eigenvalue weighted by Crippen LogP contribution is 2.17. The lowest BCUT2D eigenvalue weighted by Crippen LogP contribution is -2.28. The summed E-state index contributed by atoms with van der Waals surface area (Å²) in [7, 11) is 1.59. The quantitative estimate of drug-likeness (QED) is 0.320. The molecule has 13 heteroatoms. The van der Waals surface area contributed by atoms with Crippen molar-refractivity contribution in [3.8, 4) is 5.75 Å². The smallest absolute Gasteiger partial charge is 0.419 e. The zero-order valence-electron chi connectivity index (χ0n) is 19.9. The Balaban J connectivity index is 1.31. The van der Waals surface area contributed by atoms with Crippen molar-refractivity contribution in [1.29, 1.82) is 0 Å². The number of benzene rings is 2. The van der Waals surface area contributed by atoms with E-state index in [-0.39, 0.29) is 35.9 Å². The normalized spacial score (nSPS) is 11.3. The Bertz CT molecular complexity index is 1720. The Labute approximate surface area is 212 Å². The van der Waals surface area contributed by atoms with E-state index in [1.807, 2.05) is 0 Å². The van der Waals surface area contributed by atoms with Gasteiger partial charge in [-0.05, 0) is 35.4 Å². The lowest BCUT2D eigenvalue weighted by atomic mass is 10.2. The van der Waals surface area contributed by atoms with E-state index < -0.39 is 24.2 Å². The van der Waals surface area contributed by atoms with Gasteiger partial charge in [0.15, 0.2) is 11.2 Å². The van der Waals surface area contributed by atoms with Crippen molar-refractivity contribution in [3.05, 3.63) is 93.9 Å². The topological polar surface area (TPSA) is 133 Å². The van der Waals surface area contributed by atoms with Gasteiger partial charge in [-0.15, -0.1) is 0 Å². The van der Waals surface area contributed by atoms with Crippen LogP contribution in [0.15, 0.2) is 70.0 Å². The largest absolute Gasteiger partial charge is 0.435 e. The zero-order valence-corrected chi connectivity index (χ0v) is 19.9. The summed E-state index contributed by atoms with van der Waals surface area (Å²) in [6.45, 7) is -2.81. The first kappa shape index (κ1) is 24.6. The summed E-state index contributed by atoms with van der Waals surface area (Å²) in [4.78, 5) is 41.9. The molecule has 3 heterocycles. The van der Waals surface area contributed by atoms with Crippen LogP contribution in [0.3, 0.4) is 0 Å². The van der Waals surface area contributed by atoms with E-state index in [1.165, 1.54) is 39.5 Å². The molecule has 0 aliphatic carbocycles. The first-order chi connectivity index (χ1) is 18.3. The maximum Gasteiger partial charge on any atom is 0.419 e. The van der Waals surface area contributed by atoms with Crippen molar-refractivity contribution in [1.82, 2.24) is 29.8 Å². The number of aromatic nitrogens is 4. The van der Waals surface area contributed by atoms with E-state index in [4.69, 9.17) is 4.42 Å². The molecular formula is C25H20F2N6O5. The SMILES string of the molecule is Cn1c(=O)oc2ccc(CNC(=O)c3cc(C(=O)NCc4cccc(OC(F)F)c4)n4nccc4n3)cc21. The molecule has 3 aromatic heterocycles. The van der Waals surface area contributed by atoms with Crippen LogP contribution in [-0.2, 0) is 20.1 Å². The number of hydrogen-bond donors (Lipinski definition) is 2. The third-order valence-electron chi connectivity index (χ3n) is 5.71. The number of halogens is 2. The number of carbonyl (C=O) groups excluding carboxylic acids is 2. The molecule has 38 heavy (non-hydrogen) atoms. The van der Waals surface area contributed by atoms with Crippen LogP contribution in [0.5, 0.6) is 5.75 Å². The van der Waals surface area contributed by atoms with Gasteiger partial charge in [-0.1, -0.05) is 18.2 Å². The predicted octanol–water partition coefficient (Wildman–Crippen LogP) is 2.64. The molecule has 2 N–H and O–H groups in total. The van der Waals surface area contributed by atoms with E-state index in [0.717, 1.165) is 5.56 Å². The average Bonchev–Trinajstić information content (AvgIpc) is 3.49. The Morgan fingerprint density at radius 3 is 2.58 bits per heavy atom. The molecular weight excluding hydrogens is 502 g/mol. The van der Waals surface area contributed by atoms with Crippen molar-refractivity contribution in [2.75, 3.05) is 0 Å². The number of alkyl halides is 2. The van der Waals surface area contributed by atoms with E-state index in [9.17, 15) is 23.2 Å². The number of aryl methyl sites for hydroxylation is 1. The Morgan fingerprint density at radius 2 is 1.79 bits per heavy atom. The van der Waals surface area contributed by atoms with Crippen LogP contribution in [0.25, 0.3) is 16.7 Å². The van der Waals surface area contributed by atoms with Crippen LogP contribution in [0, 0.1) is 0 Å². The molecule has 0 fully saturated rings. The van der Waals surface area contributed by atoms with Gasteiger partial charge in [0.2, 0.25) is 0 Å². The number of ether oxygens (including phenoxy) is 1. The molecule has 0 bridgehead atoms. The van der Waals surface area contributed by atoms with E-state index in [0.29, 0.717) is 16.7 Å². The molecule has 0 aliphatic rings. The number of carbonyl (C=O) groups is 2. The van der Waals surface area contributed by atoms with Crippen LogP contribution in [0.4, 0.5) is 8.78 Å². The minimum atomic E-state index is -2.96. The van der Waals surface area contributed by atoms with Gasteiger partial charge in [-0.2, -0.15) is 13.9 Å². The van der Waals surface area contributed by atoms with Crippen molar-refractivity contribution < 1.29 is 27.5 Å². The highest BCUT2D eigenvalue weighted by Gasteiger charge is 2.18. The molecule has 0 saturated heterocycles. The molecule has 194 valence electrons. The monoisotopic (exact) mass is 522 g/mol. The standard InChI is InChI=1S/C25H20F2N6O5/c1-32-18-10-15(5-6-20(18)38-25(32)36)13-28-22(34)17-11-19(33-21(31-17)7-8-30-33)23(35)29-12-14-3-2-4-16(9-14)37-24(26)27/h2-11,24H,12-13H2,1H3,(H,28,34)(H,29,35). The molecule has 5 aromatic rings. The molecule has 0 aliphatic heterocycles. The van der Waals surface area contributed by atoms with E-state index in [2.05, 4.69) is 25.5 Å². The summed E-state index contributed by atoms with van der Waals surface area (Å²) >= 11 is 0. The molecule has 0 spiro atoms. The van der Waals surface area contributed by atoms with Gasteiger partial charge in [-0.3, -0.25) is 14.2 Å². The summed E-state index contributed by atoms with van der Waals surface area (Å²) in [5.74, 6) is -1.60. The van der Waals surface area contributed by atoms with Gasteiger partial charge in [0, 0.05) is 32.3 Å². The third kappa shape index (κ3) is 5.07. The Hall–Kier alpha value is -5.07. The van der Waals surface area contributed by atoms with Crippen LogP contribution in [0.1, 0.15) is 32.1 Å².